The van der Waals surface area contributed by atoms with Gasteiger partial charge in [-0.1, -0.05) is 35.9 Å². The van der Waals surface area contributed by atoms with Crippen LogP contribution in [-0.2, 0) is 4.79 Å². The number of phenolic OH excluding ortho intramolecular Hbond substituents is 1. The van der Waals surface area contributed by atoms with Gasteiger partial charge in [-0.3, -0.25) is 4.79 Å². The predicted molar refractivity (Wildman–Crippen MR) is 127 cm³/mol. The molecule has 1 N–H and O–H groups in total. The minimum Gasteiger partial charge on any atom is -0.508 e. The highest BCUT2D eigenvalue weighted by atomic mass is 35.5. The van der Waals surface area contributed by atoms with E-state index in [1.54, 1.807) is 12.1 Å². The number of benzene rings is 3. The van der Waals surface area contributed by atoms with E-state index in [9.17, 15) is 9.90 Å². The summed E-state index contributed by atoms with van der Waals surface area (Å²) in [5, 5.41) is 12.5. The molecule has 2 heterocycles. The smallest absolute Gasteiger partial charge is 0.319 e. The van der Waals surface area contributed by atoms with Crippen LogP contribution >= 0.6 is 11.6 Å². The van der Waals surface area contributed by atoms with Crippen LogP contribution < -0.4 is 9.64 Å². The fourth-order valence-corrected chi connectivity index (χ4v) is 4.72. The maximum absolute atomic E-state index is 16.1. The van der Waals surface area contributed by atoms with E-state index in [0.717, 1.165) is 43.1 Å². The minimum absolute atomic E-state index is 0.00552. The molecule has 0 radical (unpaired) electrons. The van der Waals surface area contributed by atoms with Crippen molar-refractivity contribution >= 4 is 45.4 Å². The standard InChI is InChI=1S/C25H21ClFN3O3/c26-20-14-19-23(28-25(33-11-10-31)29-24(19)30-8-4-1-5-9-30)22(27)21(20)18-13-16(32)12-15-6-2-3-7-17(15)18/h2-3,6-7,10,12-14,32H,1,4-5,8-9,11H2. The van der Waals surface area contributed by atoms with Gasteiger partial charge in [0.15, 0.2) is 12.1 Å². The van der Waals surface area contributed by atoms with Crippen LogP contribution in [-0.4, -0.2) is 41.1 Å². The van der Waals surface area contributed by atoms with Crippen LogP contribution in [0.15, 0.2) is 42.5 Å². The van der Waals surface area contributed by atoms with E-state index in [-0.39, 0.29) is 34.5 Å². The lowest BCUT2D eigenvalue weighted by Crippen LogP contribution is -2.30. The summed E-state index contributed by atoms with van der Waals surface area (Å²) in [5.74, 6) is -0.0930. The number of phenols is 1. The summed E-state index contributed by atoms with van der Waals surface area (Å²) in [6.45, 7) is 1.32. The maximum atomic E-state index is 16.1. The highest BCUT2D eigenvalue weighted by Crippen LogP contribution is 2.42. The third kappa shape index (κ3) is 3.93. The Morgan fingerprint density at radius 3 is 2.67 bits per heavy atom. The van der Waals surface area contributed by atoms with Crippen molar-refractivity contribution in [2.24, 2.45) is 0 Å². The molecule has 1 aliphatic rings. The molecule has 1 saturated heterocycles. The first-order valence-corrected chi connectivity index (χ1v) is 11.2. The van der Waals surface area contributed by atoms with Crippen molar-refractivity contribution in [2.75, 3.05) is 24.6 Å². The first-order valence-electron chi connectivity index (χ1n) is 10.8. The lowest BCUT2D eigenvalue weighted by molar-refractivity contribution is -0.109. The molecule has 0 unspecified atom stereocenters. The third-order valence-electron chi connectivity index (χ3n) is 5.89. The number of ether oxygens (including phenoxy) is 1. The normalized spacial score (nSPS) is 14.1. The van der Waals surface area contributed by atoms with Crippen LogP contribution in [0.2, 0.25) is 5.02 Å². The van der Waals surface area contributed by atoms with Crippen LogP contribution in [0.1, 0.15) is 19.3 Å². The number of carbonyl (C=O) groups is 1. The predicted octanol–water partition coefficient (Wildman–Crippen LogP) is 5.52. The van der Waals surface area contributed by atoms with Gasteiger partial charge >= 0.3 is 6.01 Å². The summed E-state index contributed by atoms with van der Waals surface area (Å²) < 4.78 is 21.5. The van der Waals surface area contributed by atoms with Crippen LogP contribution in [0.5, 0.6) is 11.8 Å². The fourth-order valence-electron chi connectivity index (χ4n) is 4.43. The number of hydrogen-bond acceptors (Lipinski definition) is 6. The number of aromatic nitrogens is 2. The molecule has 0 spiro atoms. The number of aldehydes is 1. The van der Waals surface area contributed by atoms with Crippen LogP contribution in [0.3, 0.4) is 0 Å². The quantitative estimate of drug-likeness (QED) is 0.391. The number of halogens is 2. The number of anilines is 1. The molecule has 5 rings (SSSR count). The molecule has 0 bridgehead atoms. The largest absolute Gasteiger partial charge is 0.508 e. The van der Waals surface area contributed by atoms with Crippen molar-refractivity contribution in [3.8, 4) is 22.9 Å². The Kier molecular flexibility index (Phi) is 5.72. The number of rotatable bonds is 5. The van der Waals surface area contributed by atoms with Crippen LogP contribution in [0, 0.1) is 5.82 Å². The SMILES string of the molecule is O=CCOc1nc(N2CCCCC2)c2cc(Cl)c(-c3cc(O)cc4ccccc34)c(F)c2n1. The fraction of sp³-hybridized carbons (Fsp3) is 0.240. The summed E-state index contributed by atoms with van der Waals surface area (Å²) in [7, 11) is 0. The van der Waals surface area contributed by atoms with Gasteiger partial charge in [0.25, 0.3) is 0 Å². The molecule has 0 saturated carbocycles. The molecular formula is C25H21ClFN3O3. The molecular weight excluding hydrogens is 445 g/mol. The lowest BCUT2D eigenvalue weighted by atomic mass is 9.96. The van der Waals surface area contributed by atoms with Gasteiger partial charge in [0.2, 0.25) is 0 Å². The second-order valence-corrected chi connectivity index (χ2v) is 8.42. The molecule has 1 fully saturated rings. The molecule has 0 amide bonds. The van der Waals surface area contributed by atoms with Crippen molar-refractivity contribution in [1.82, 2.24) is 9.97 Å². The van der Waals surface area contributed by atoms with Crippen molar-refractivity contribution in [3.63, 3.8) is 0 Å². The molecule has 3 aromatic carbocycles. The molecule has 33 heavy (non-hydrogen) atoms. The number of carbonyl (C=O) groups excluding carboxylic acids is 1. The van der Waals surface area contributed by atoms with E-state index < -0.39 is 5.82 Å². The minimum atomic E-state index is -0.634. The molecule has 1 aliphatic heterocycles. The average Bonchev–Trinajstić information content (AvgIpc) is 2.83. The van der Waals surface area contributed by atoms with Gasteiger partial charge in [-0.15, -0.1) is 0 Å². The van der Waals surface area contributed by atoms with Gasteiger partial charge in [-0.25, -0.2) is 4.39 Å². The third-order valence-corrected chi connectivity index (χ3v) is 6.19. The highest BCUT2D eigenvalue weighted by Gasteiger charge is 2.24. The number of hydrogen-bond donors (Lipinski definition) is 1. The monoisotopic (exact) mass is 465 g/mol. The maximum Gasteiger partial charge on any atom is 0.319 e. The zero-order valence-corrected chi connectivity index (χ0v) is 18.5. The van der Waals surface area contributed by atoms with Gasteiger partial charge in [-0.05, 0) is 53.8 Å². The van der Waals surface area contributed by atoms with Gasteiger partial charge in [-0.2, -0.15) is 9.97 Å². The van der Waals surface area contributed by atoms with Crippen molar-refractivity contribution in [1.29, 1.82) is 0 Å². The Morgan fingerprint density at radius 2 is 1.88 bits per heavy atom. The van der Waals surface area contributed by atoms with E-state index in [1.807, 2.05) is 24.3 Å². The molecule has 6 nitrogen and oxygen atoms in total. The van der Waals surface area contributed by atoms with Crippen molar-refractivity contribution < 1.29 is 19.0 Å². The lowest BCUT2D eigenvalue weighted by Gasteiger charge is -2.29. The Labute approximate surface area is 194 Å². The summed E-state index contributed by atoms with van der Waals surface area (Å²) in [4.78, 5) is 21.7. The molecule has 1 aromatic heterocycles. The van der Waals surface area contributed by atoms with Crippen LogP contribution in [0.25, 0.3) is 32.8 Å². The first-order chi connectivity index (χ1) is 16.1. The van der Waals surface area contributed by atoms with E-state index in [4.69, 9.17) is 16.3 Å². The topological polar surface area (TPSA) is 75.5 Å². The Bertz CT molecular complexity index is 1370. The van der Waals surface area contributed by atoms with E-state index >= 15 is 4.39 Å². The van der Waals surface area contributed by atoms with Gasteiger partial charge in [0, 0.05) is 24.0 Å². The zero-order valence-electron chi connectivity index (χ0n) is 17.7. The summed E-state index contributed by atoms with van der Waals surface area (Å²) in [6, 6.07) is 12.1. The van der Waals surface area contributed by atoms with Gasteiger partial charge in [0.1, 0.15) is 23.7 Å². The average molecular weight is 466 g/mol. The first kappa shape index (κ1) is 21.4. The molecule has 0 aliphatic carbocycles. The zero-order chi connectivity index (χ0) is 22.9. The molecule has 0 atom stereocenters. The van der Waals surface area contributed by atoms with Crippen molar-refractivity contribution in [2.45, 2.75) is 19.3 Å². The number of nitrogens with zero attached hydrogens (tertiary/aromatic N) is 3. The van der Waals surface area contributed by atoms with E-state index in [1.165, 1.54) is 6.07 Å². The number of fused-ring (bicyclic) bond motifs is 2. The Morgan fingerprint density at radius 1 is 1.09 bits per heavy atom. The van der Waals surface area contributed by atoms with E-state index in [2.05, 4.69) is 14.9 Å². The van der Waals surface area contributed by atoms with E-state index in [0.29, 0.717) is 23.1 Å². The summed E-state index contributed by atoms with van der Waals surface area (Å²) in [5.41, 5.74) is 0.655. The molecule has 168 valence electrons. The van der Waals surface area contributed by atoms with Gasteiger partial charge < -0.3 is 14.7 Å². The summed E-state index contributed by atoms with van der Waals surface area (Å²) >= 11 is 6.66. The van der Waals surface area contributed by atoms with Crippen molar-refractivity contribution in [3.05, 3.63) is 53.3 Å². The Balaban J connectivity index is 1.78. The highest BCUT2D eigenvalue weighted by molar-refractivity contribution is 6.35. The summed E-state index contributed by atoms with van der Waals surface area (Å²) in [6.07, 6.45) is 3.72. The van der Waals surface area contributed by atoms with Gasteiger partial charge in [0.05, 0.1) is 5.02 Å². The molecule has 8 heteroatoms. The number of piperidine rings is 1. The second kappa shape index (κ2) is 8.83. The molecule has 4 aromatic rings. The number of aromatic hydroxyl groups is 1. The van der Waals surface area contributed by atoms with Crippen LogP contribution in [0.4, 0.5) is 10.2 Å². The second-order valence-electron chi connectivity index (χ2n) is 8.01. The Hall–Kier alpha value is -3.45.